The zero-order chi connectivity index (χ0) is 14.3. The zero-order valence-electron chi connectivity index (χ0n) is 10.6. The third-order valence-corrected chi connectivity index (χ3v) is 4.18. The molecule has 0 bridgehead atoms. The Morgan fingerprint density at radius 3 is 2.90 bits per heavy atom. The second-order valence-electron chi connectivity index (χ2n) is 5.04. The number of benzene rings is 1. The van der Waals surface area contributed by atoms with Gasteiger partial charge in [-0.15, -0.1) is 0 Å². The Labute approximate surface area is 120 Å². The van der Waals surface area contributed by atoms with Crippen LogP contribution in [0.2, 0.25) is 5.02 Å². The van der Waals surface area contributed by atoms with Crippen molar-refractivity contribution < 1.29 is 14.0 Å². The van der Waals surface area contributed by atoms with Gasteiger partial charge in [0, 0.05) is 6.54 Å². The van der Waals surface area contributed by atoms with Crippen molar-refractivity contribution in [2.75, 3.05) is 13.1 Å². The van der Waals surface area contributed by atoms with Gasteiger partial charge in [0.1, 0.15) is 11.4 Å². The highest BCUT2D eigenvalue weighted by atomic mass is 35.5. The molecule has 0 aromatic heterocycles. The van der Waals surface area contributed by atoms with Crippen molar-refractivity contribution in [1.29, 1.82) is 0 Å². The van der Waals surface area contributed by atoms with E-state index in [-0.39, 0.29) is 17.5 Å². The number of rotatable bonds is 2. The minimum atomic E-state index is -0.850. The molecule has 2 saturated heterocycles. The summed E-state index contributed by atoms with van der Waals surface area (Å²) in [6, 6.07) is 3.88. The number of carbonyl (C=O) groups is 2. The molecular formula is C13H13ClFN3O2. The highest BCUT2D eigenvalue weighted by molar-refractivity contribution is 6.31. The first-order valence-corrected chi connectivity index (χ1v) is 6.69. The summed E-state index contributed by atoms with van der Waals surface area (Å²) < 4.78 is 13.4. The predicted octanol–water partition coefficient (Wildman–Crippen LogP) is 1.26. The van der Waals surface area contributed by atoms with E-state index < -0.39 is 17.4 Å². The molecule has 20 heavy (non-hydrogen) atoms. The second kappa shape index (κ2) is 4.71. The van der Waals surface area contributed by atoms with Gasteiger partial charge in [-0.1, -0.05) is 23.7 Å². The normalized spacial score (nSPS) is 25.6. The van der Waals surface area contributed by atoms with E-state index in [1.165, 1.54) is 12.1 Å². The summed E-state index contributed by atoms with van der Waals surface area (Å²) in [5.41, 5.74) is -0.435. The highest BCUT2D eigenvalue weighted by Crippen LogP contribution is 2.28. The molecular weight excluding hydrogens is 285 g/mol. The first kappa shape index (κ1) is 13.3. The molecule has 3 amide bonds. The summed E-state index contributed by atoms with van der Waals surface area (Å²) in [7, 11) is 0. The fourth-order valence-corrected chi connectivity index (χ4v) is 2.83. The monoisotopic (exact) mass is 297 g/mol. The van der Waals surface area contributed by atoms with Crippen LogP contribution in [0.15, 0.2) is 18.2 Å². The molecule has 1 aromatic carbocycles. The van der Waals surface area contributed by atoms with Gasteiger partial charge in [0.2, 0.25) is 0 Å². The van der Waals surface area contributed by atoms with Crippen LogP contribution in [0.25, 0.3) is 0 Å². The minimum Gasteiger partial charge on any atom is -0.322 e. The number of hydrogen-bond acceptors (Lipinski definition) is 3. The maximum absolute atomic E-state index is 13.4. The van der Waals surface area contributed by atoms with E-state index in [1.54, 1.807) is 6.07 Å². The molecule has 1 unspecified atom stereocenters. The molecule has 0 saturated carbocycles. The van der Waals surface area contributed by atoms with Gasteiger partial charge in [-0.05, 0) is 24.6 Å². The molecule has 106 valence electrons. The Hall–Kier alpha value is -1.66. The van der Waals surface area contributed by atoms with Crippen molar-refractivity contribution in [3.63, 3.8) is 0 Å². The van der Waals surface area contributed by atoms with Gasteiger partial charge in [-0.3, -0.25) is 9.69 Å². The number of nitrogens with one attached hydrogen (secondary N) is 2. The topological polar surface area (TPSA) is 61.4 Å². The lowest BCUT2D eigenvalue weighted by molar-refractivity contribution is -0.131. The third-order valence-electron chi connectivity index (χ3n) is 3.76. The van der Waals surface area contributed by atoms with Crippen LogP contribution in [0.1, 0.15) is 12.0 Å². The van der Waals surface area contributed by atoms with Gasteiger partial charge < -0.3 is 10.6 Å². The molecule has 2 fully saturated rings. The summed E-state index contributed by atoms with van der Waals surface area (Å²) >= 11 is 5.86. The van der Waals surface area contributed by atoms with Crippen LogP contribution in [0.3, 0.4) is 0 Å². The van der Waals surface area contributed by atoms with E-state index in [1.807, 2.05) is 0 Å². The van der Waals surface area contributed by atoms with Gasteiger partial charge >= 0.3 is 6.03 Å². The first-order chi connectivity index (χ1) is 9.53. The van der Waals surface area contributed by atoms with E-state index >= 15 is 0 Å². The molecule has 5 nitrogen and oxygen atoms in total. The van der Waals surface area contributed by atoms with E-state index in [2.05, 4.69) is 10.6 Å². The summed E-state index contributed by atoms with van der Waals surface area (Å²) in [6.45, 7) is 1.08. The number of urea groups is 1. The molecule has 2 N–H and O–H groups in total. The number of halogens is 2. The number of hydrogen-bond donors (Lipinski definition) is 2. The SMILES string of the molecule is O=C1NC2(CCNC2)C(=O)N1Cc1cccc(F)c1Cl. The number of carbonyl (C=O) groups excluding carboxylic acids is 2. The van der Waals surface area contributed by atoms with Gasteiger partial charge in [0.25, 0.3) is 5.91 Å². The lowest BCUT2D eigenvalue weighted by Gasteiger charge is -2.19. The van der Waals surface area contributed by atoms with Crippen molar-refractivity contribution in [2.24, 2.45) is 0 Å². The molecule has 2 aliphatic rings. The van der Waals surface area contributed by atoms with Crippen LogP contribution in [0.4, 0.5) is 9.18 Å². The smallest absolute Gasteiger partial charge is 0.322 e. The Morgan fingerprint density at radius 1 is 1.40 bits per heavy atom. The molecule has 0 aliphatic carbocycles. The van der Waals surface area contributed by atoms with Crippen LogP contribution >= 0.6 is 11.6 Å². The van der Waals surface area contributed by atoms with Crippen LogP contribution in [-0.4, -0.2) is 35.5 Å². The quantitative estimate of drug-likeness (QED) is 0.808. The van der Waals surface area contributed by atoms with Gasteiger partial charge in [0.05, 0.1) is 11.6 Å². The Bertz CT molecular complexity index is 587. The molecule has 2 aliphatic heterocycles. The summed E-state index contributed by atoms with van der Waals surface area (Å²) in [5.74, 6) is -0.846. The summed E-state index contributed by atoms with van der Waals surface area (Å²) in [4.78, 5) is 25.5. The largest absolute Gasteiger partial charge is 0.325 e. The molecule has 7 heteroatoms. The third kappa shape index (κ3) is 1.96. The average Bonchev–Trinajstić information content (AvgIpc) is 2.96. The molecule has 1 spiro atoms. The van der Waals surface area contributed by atoms with Crippen LogP contribution in [0, 0.1) is 5.82 Å². The lowest BCUT2D eigenvalue weighted by atomic mass is 9.99. The van der Waals surface area contributed by atoms with E-state index in [0.717, 1.165) is 4.90 Å². The maximum Gasteiger partial charge on any atom is 0.325 e. The predicted molar refractivity (Wildman–Crippen MR) is 70.7 cm³/mol. The number of imide groups is 1. The van der Waals surface area contributed by atoms with Crippen LogP contribution in [-0.2, 0) is 11.3 Å². The maximum atomic E-state index is 13.4. The molecule has 0 radical (unpaired) electrons. The van der Waals surface area contributed by atoms with Crippen LogP contribution < -0.4 is 10.6 Å². The Kier molecular flexibility index (Phi) is 3.14. The molecule has 2 heterocycles. The van der Waals surface area contributed by atoms with Crippen molar-refractivity contribution in [2.45, 2.75) is 18.5 Å². The van der Waals surface area contributed by atoms with Gasteiger partial charge in [-0.2, -0.15) is 0 Å². The van der Waals surface area contributed by atoms with Crippen molar-refractivity contribution in [1.82, 2.24) is 15.5 Å². The molecule has 3 rings (SSSR count). The van der Waals surface area contributed by atoms with E-state index in [0.29, 0.717) is 25.1 Å². The summed E-state index contributed by atoms with van der Waals surface area (Å²) in [5, 5.41) is 5.73. The molecule has 1 aromatic rings. The van der Waals surface area contributed by atoms with Crippen molar-refractivity contribution >= 4 is 23.5 Å². The number of nitrogens with zero attached hydrogens (tertiary/aromatic N) is 1. The highest BCUT2D eigenvalue weighted by Gasteiger charge is 2.52. The van der Waals surface area contributed by atoms with Crippen molar-refractivity contribution in [3.8, 4) is 0 Å². The Balaban J connectivity index is 1.86. The minimum absolute atomic E-state index is 0.0248. The fourth-order valence-electron chi connectivity index (χ4n) is 2.64. The average molecular weight is 298 g/mol. The Morgan fingerprint density at radius 2 is 2.20 bits per heavy atom. The molecule has 1 atom stereocenters. The van der Waals surface area contributed by atoms with E-state index in [9.17, 15) is 14.0 Å². The van der Waals surface area contributed by atoms with E-state index in [4.69, 9.17) is 11.6 Å². The van der Waals surface area contributed by atoms with Gasteiger partial charge in [-0.25, -0.2) is 9.18 Å². The lowest BCUT2D eigenvalue weighted by Crippen LogP contribution is -2.48. The van der Waals surface area contributed by atoms with Crippen molar-refractivity contribution in [3.05, 3.63) is 34.6 Å². The summed E-state index contributed by atoms with van der Waals surface area (Å²) in [6.07, 6.45) is 0.560. The fraction of sp³-hybridized carbons (Fsp3) is 0.385. The zero-order valence-corrected chi connectivity index (χ0v) is 11.3. The number of amides is 3. The van der Waals surface area contributed by atoms with Crippen LogP contribution in [0.5, 0.6) is 0 Å². The standard InChI is InChI=1S/C13H13ClFN3O2/c14-10-8(2-1-3-9(10)15)6-18-11(19)13(17-12(18)20)4-5-16-7-13/h1-3,16H,4-7H2,(H,17,20). The second-order valence-corrected chi connectivity index (χ2v) is 5.42. The van der Waals surface area contributed by atoms with Gasteiger partial charge in [0.15, 0.2) is 0 Å². The first-order valence-electron chi connectivity index (χ1n) is 6.31.